The Morgan fingerprint density at radius 2 is 1.78 bits per heavy atom. The number of amides is 1. The predicted molar refractivity (Wildman–Crippen MR) is 109 cm³/mol. The minimum absolute atomic E-state index is 0.0434. The molecule has 0 aliphatic rings. The van der Waals surface area contributed by atoms with Gasteiger partial charge in [-0.05, 0) is 37.6 Å². The lowest BCUT2D eigenvalue weighted by atomic mass is 10.3. The monoisotopic (exact) mass is 384 g/mol. The first-order valence-corrected chi connectivity index (χ1v) is 9.87. The molecule has 0 aliphatic heterocycles. The molecular weight excluding hydrogens is 360 g/mol. The minimum Gasteiger partial charge on any atom is -0.490 e. The lowest BCUT2D eigenvalue weighted by molar-refractivity contribution is -0.134. The Morgan fingerprint density at radius 1 is 1.11 bits per heavy atom. The van der Waals surface area contributed by atoms with Crippen LogP contribution in [0.4, 0.5) is 0 Å². The van der Waals surface area contributed by atoms with Gasteiger partial charge in [0.15, 0.2) is 18.1 Å². The lowest BCUT2D eigenvalue weighted by Crippen LogP contribution is -2.33. The van der Waals surface area contributed by atoms with E-state index in [0.29, 0.717) is 18.1 Å². The molecule has 2 aromatic carbocycles. The van der Waals surface area contributed by atoms with Crippen molar-refractivity contribution in [3.63, 3.8) is 0 Å². The maximum Gasteiger partial charge on any atom is 0.260 e. The van der Waals surface area contributed by atoms with Crippen LogP contribution < -0.4 is 9.47 Å². The average Bonchev–Trinajstić information content (AvgIpc) is 3.14. The van der Waals surface area contributed by atoms with Crippen molar-refractivity contribution in [1.29, 1.82) is 0 Å². The molecule has 6 heteroatoms. The van der Waals surface area contributed by atoms with Gasteiger partial charge in [-0.1, -0.05) is 31.2 Å². The number of carbonyl (C=O) groups excluding carboxylic acids is 1. The Morgan fingerprint density at radius 3 is 2.48 bits per heavy atom. The van der Waals surface area contributed by atoms with Crippen molar-refractivity contribution in [2.24, 2.45) is 0 Å². The van der Waals surface area contributed by atoms with Gasteiger partial charge in [-0.3, -0.25) is 4.79 Å². The van der Waals surface area contributed by atoms with Crippen molar-refractivity contribution in [3.05, 3.63) is 53.5 Å². The van der Waals surface area contributed by atoms with Crippen LogP contribution in [0.3, 0.4) is 0 Å². The van der Waals surface area contributed by atoms with E-state index in [-0.39, 0.29) is 18.6 Å². The number of benzene rings is 2. The number of hydrogen-bond acceptors (Lipinski definition) is 5. The number of fused-ring (bicyclic) bond motifs is 1. The molecule has 1 atom stereocenters. The minimum atomic E-state index is -0.120. The first kappa shape index (κ1) is 19.2. The van der Waals surface area contributed by atoms with E-state index in [0.717, 1.165) is 21.6 Å². The second-order valence-electron chi connectivity index (χ2n) is 6.28. The lowest BCUT2D eigenvalue weighted by Gasteiger charge is -2.23. The van der Waals surface area contributed by atoms with Gasteiger partial charge in [-0.15, -0.1) is 11.3 Å². The number of likely N-dealkylation sites (N-methyl/N-ethyl adjacent to an activating group) is 1. The number of thiazole rings is 1. The van der Waals surface area contributed by atoms with Crippen LogP contribution in [0, 0.1) is 0 Å². The van der Waals surface area contributed by atoms with Crippen LogP contribution in [0.5, 0.6) is 11.5 Å². The molecule has 0 unspecified atom stereocenters. The molecule has 27 heavy (non-hydrogen) atoms. The molecule has 0 spiro atoms. The Labute approximate surface area is 163 Å². The van der Waals surface area contributed by atoms with Gasteiger partial charge in [0.1, 0.15) is 5.01 Å². The fourth-order valence-electron chi connectivity index (χ4n) is 2.59. The second kappa shape index (κ2) is 8.86. The third-order valence-electron chi connectivity index (χ3n) is 4.30. The normalized spacial score (nSPS) is 12.0. The van der Waals surface area contributed by atoms with Crippen LogP contribution in [0.25, 0.3) is 10.2 Å². The quantitative estimate of drug-likeness (QED) is 0.566. The summed E-state index contributed by atoms with van der Waals surface area (Å²) in [6, 6.07) is 15.3. The van der Waals surface area contributed by atoms with Gasteiger partial charge in [-0.25, -0.2) is 4.98 Å². The maximum atomic E-state index is 12.6. The molecule has 0 saturated heterocycles. The Bertz CT molecular complexity index is 876. The molecule has 1 heterocycles. The molecule has 142 valence electrons. The standard InChI is InChI=1S/C21H24N2O3S/c1-4-13-25-17-10-6-7-11-18(17)26-14-20(24)23(3)15(2)21-22-16-9-5-8-12-19(16)27-21/h5-12,15H,4,13-14H2,1-3H3/t15-/m0/s1. The maximum absolute atomic E-state index is 12.6. The average molecular weight is 385 g/mol. The Hall–Kier alpha value is -2.60. The summed E-state index contributed by atoms with van der Waals surface area (Å²) in [6.45, 7) is 4.60. The summed E-state index contributed by atoms with van der Waals surface area (Å²) in [4.78, 5) is 18.9. The summed E-state index contributed by atoms with van der Waals surface area (Å²) < 4.78 is 12.5. The van der Waals surface area contributed by atoms with Crippen LogP contribution in [-0.2, 0) is 4.79 Å². The highest BCUT2D eigenvalue weighted by Crippen LogP contribution is 2.29. The zero-order valence-electron chi connectivity index (χ0n) is 15.8. The van der Waals surface area contributed by atoms with Crippen LogP contribution in [-0.4, -0.2) is 36.1 Å². The molecule has 3 aromatic rings. The van der Waals surface area contributed by atoms with Crippen molar-refractivity contribution in [2.45, 2.75) is 26.3 Å². The number of nitrogens with zero attached hydrogens (tertiary/aromatic N) is 2. The summed E-state index contributed by atoms with van der Waals surface area (Å²) in [7, 11) is 1.78. The van der Waals surface area contributed by atoms with Gasteiger partial charge in [0.05, 0.1) is 22.9 Å². The smallest absolute Gasteiger partial charge is 0.260 e. The number of hydrogen-bond donors (Lipinski definition) is 0. The van der Waals surface area contributed by atoms with Gasteiger partial charge in [0, 0.05) is 7.05 Å². The van der Waals surface area contributed by atoms with E-state index in [1.807, 2.05) is 62.4 Å². The summed E-state index contributed by atoms with van der Waals surface area (Å²) in [5.41, 5.74) is 0.962. The van der Waals surface area contributed by atoms with E-state index in [2.05, 4.69) is 4.98 Å². The Balaban J connectivity index is 1.63. The summed E-state index contributed by atoms with van der Waals surface area (Å²) >= 11 is 1.61. The SMILES string of the molecule is CCCOc1ccccc1OCC(=O)N(C)[C@@H](C)c1nc2ccccc2s1. The molecule has 5 nitrogen and oxygen atoms in total. The predicted octanol–water partition coefficient (Wildman–Crippen LogP) is 4.68. The zero-order valence-corrected chi connectivity index (χ0v) is 16.7. The molecule has 0 aliphatic carbocycles. The number of rotatable bonds is 8. The van der Waals surface area contributed by atoms with Crippen LogP contribution in [0.2, 0.25) is 0 Å². The summed E-state index contributed by atoms with van der Waals surface area (Å²) in [6.07, 6.45) is 0.912. The van der Waals surface area contributed by atoms with Crippen LogP contribution in [0.1, 0.15) is 31.3 Å². The van der Waals surface area contributed by atoms with E-state index in [1.165, 1.54) is 0 Å². The second-order valence-corrected chi connectivity index (χ2v) is 7.35. The summed E-state index contributed by atoms with van der Waals surface area (Å²) in [5, 5.41) is 0.915. The largest absolute Gasteiger partial charge is 0.490 e. The number of ether oxygens (including phenoxy) is 2. The van der Waals surface area contributed by atoms with Crippen molar-refractivity contribution >= 4 is 27.5 Å². The van der Waals surface area contributed by atoms with E-state index >= 15 is 0 Å². The highest BCUT2D eigenvalue weighted by atomic mass is 32.1. The molecule has 0 radical (unpaired) electrons. The third kappa shape index (κ3) is 4.57. The molecule has 0 N–H and O–H groups in total. The number of aromatic nitrogens is 1. The first-order valence-electron chi connectivity index (χ1n) is 9.06. The molecule has 0 saturated carbocycles. The molecular formula is C21H24N2O3S. The van der Waals surface area contributed by atoms with E-state index in [1.54, 1.807) is 23.3 Å². The highest BCUT2D eigenvalue weighted by molar-refractivity contribution is 7.18. The molecule has 0 fully saturated rings. The van der Waals surface area contributed by atoms with Crippen molar-refractivity contribution in [3.8, 4) is 11.5 Å². The number of carbonyl (C=O) groups is 1. The van der Waals surface area contributed by atoms with Gasteiger partial charge >= 0.3 is 0 Å². The van der Waals surface area contributed by atoms with Gasteiger partial charge in [0.2, 0.25) is 0 Å². The summed E-state index contributed by atoms with van der Waals surface area (Å²) in [5.74, 6) is 1.14. The van der Waals surface area contributed by atoms with Crippen LogP contribution >= 0.6 is 11.3 Å². The van der Waals surface area contributed by atoms with E-state index < -0.39 is 0 Å². The van der Waals surface area contributed by atoms with Gasteiger partial charge in [0.25, 0.3) is 5.91 Å². The first-order chi connectivity index (χ1) is 13.1. The van der Waals surface area contributed by atoms with Crippen molar-refractivity contribution in [1.82, 2.24) is 9.88 Å². The topological polar surface area (TPSA) is 51.7 Å². The Kier molecular flexibility index (Phi) is 6.29. The van der Waals surface area contributed by atoms with Crippen molar-refractivity contribution in [2.75, 3.05) is 20.3 Å². The highest BCUT2D eigenvalue weighted by Gasteiger charge is 2.21. The molecule has 1 aromatic heterocycles. The van der Waals surface area contributed by atoms with E-state index in [4.69, 9.17) is 9.47 Å². The third-order valence-corrected chi connectivity index (χ3v) is 5.51. The van der Waals surface area contributed by atoms with Crippen LogP contribution in [0.15, 0.2) is 48.5 Å². The van der Waals surface area contributed by atoms with E-state index in [9.17, 15) is 4.79 Å². The zero-order chi connectivity index (χ0) is 19.2. The molecule has 0 bridgehead atoms. The molecule has 3 rings (SSSR count). The van der Waals surface area contributed by atoms with Gasteiger partial charge in [-0.2, -0.15) is 0 Å². The number of para-hydroxylation sites is 3. The van der Waals surface area contributed by atoms with Gasteiger partial charge < -0.3 is 14.4 Å². The van der Waals surface area contributed by atoms with Crippen molar-refractivity contribution < 1.29 is 14.3 Å². The fraction of sp³-hybridized carbons (Fsp3) is 0.333. The fourth-order valence-corrected chi connectivity index (χ4v) is 3.66. The molecule has 1 amide bonds.